The Hall–Kier alpha value is -2.60. The quantitative estimate of drug-likeness (QED) is 0.721. The average Bonchev–Trinajstić information content (AvgIpc) is 2.73. The van der Waals surface area contributed by atoms with E-state index in [0.717, 1.165) is 49.8 Å². The highest BCUT2D eigenvalue weighted by Crippen LogP contribution is 2.27. The lowest BCUT2D eigenvalue weighted by atomic mass is 9.82. The Labute approximate surface area is 166 Å². The first-order chi connectivity index (χ1) is 13.6. The van der Waals surface area contributed by atoms with Gasteiger partial charge in [0.1, 0.15) is 11.5 Å². The van der Waals surface area contributed by atoms with Gasteiger partial charge >= 0.3 is 0 Å². The number of benzene rings is 1. The molecule has 28 heavy (non-hydrogen) atoms. The molecule has 1 aromatic carbocycles. The number of carbonyl (C=O) groups is 1. The molecule has 150 valence electrons. The molecule has 1 saturated carbocycles. The van der Waals surface area contributed by atoms with E-state index in [1.807, 2.05) is 36.4 Å². The van der Waals surface area contributed by atoms with Gasteiger partial charge in [-0.25, -0.2) is 4.98 Å². The fourth-order valence-corrected chi connectivity index (χ4v) is 3.35. The summed E-state index contributed by atoms with van der Waals surface area (Å²) >= 11 is 0. The number of pyridine rings is 1. The van der Waals surface area contributed by atoms with Crippen LogP contribution in [0.25, 0.3) is 0 Å². The van der Waals surface area contributed by atoms with Crippen LogP contribution in [0.1, 0.15) is 51.0 Å². The molecule has 1 aliphatic rings. The van der Waals surface area contributed by atoms with Crippen LogP contribution in [0.3, 0.4) is 0 Å². The Bertz CT molecular complexity index is 771. The van der Waals surface area contributed by atoms with Crippen LogP contribution in [-0.4, -0.2) is 23.0 Å². The predicted octanol–water partition coefficient (Wildman–Crippen LogP) is 3.94. The highest BCUT2D eigenvalue weighted by atomic mass is 16.5. The summed E-state index contributed by atoms with van der Waals surface area (Å²) in [5.74, 6) is 1.85. The number of amides is 1. The van der Waals surface area contributed by atoms with Gasteiger partial charge < -0.3 is 20.5 Å². The van der Waals surface area contributed by atoms with E-state index >= 15 is 0 Å². The lowest BCUT2D eigenvalue weighted by Crippen LogP contribution is -2.54. The second-order valence-corrected chi connectivity index (χ2v) is 7.29. The van der Waals surface area contributed by atoms with E-state index in [-0.39, 0.29) is 5.91 Å². The molecule has 0 saturated heterocycles. The molecule has 0 bridgehead atoms. The Morgan fingerprint density at radius 3 is 2.57 bits per heavy atom. The van der Waals surface area contributed by atoms with E-state index < -0.39 is 5.54 Å². The molecule has 0 radical (unpaired) electrons. The number of carbonyl (C=O) groups excluding carboxylic acids is 1. The molecule has 6 nitrogen and oxygen atoms in total. The van der Waals surface area contributed by atoms with Crippen molar-refractivity contribution < 1.29 is 14.3 Å². The summed E-state index contributed by atoms with van der Waals surface area (Å²) in [5.41, 5.74) is 6.36. The normalized spacial score (nSPS) is 15.6. The molecule has 0 spiro atoms. The van der Waals surface area contributed by atoms with E-state index in [0.29, 0.717) is 24.8 Å². The van der Waals surface area contributed by atoms with Crippen molar-refractivity contribution in [1.29, 1.82) is 0 Å². The summed E-state index contributed by atoms with van der Waals surface area (Å²) in [7, 11) is 0. The number of rotatable bonds is 8. The van der Waals surface area contributed by atoms with Crippen molar-refractivity contribution in [3.8, 4) is 17.4 Å². The van der Waals surface area contributed by atoms with Crippen molar-refractivity contribution in [1.82, 2.24) is 10.3 Å². The van der Waals surface area contributed by atoms with Gasteiger partial charge in [0, 0.05) is 18.3 Å². The molecule has 3 rings (SSSR count). The number of nitrogens with two attached hydrogens (primary N) is 1. The van der Waals surface area contributed by atoms with Gasteiger partial charge in [-0.2, -0.15) is 0 Å². The Morgan fingerprint density at radius 1 is 1.14 bits per heavy atom. The second kappa shape index (κ2) is 9.55. The van der Waals surface area contributed by atoms with Crippen LogP contribution < -0.4 is 20.5 Å². The maximum absolute atomic E-state index is 12.6. The van der Waals surface area contributed by atoms with E-state index in [1.165, 1.54) is 0 Å². The molecule has 2 aromatic rings. The lowest BCUT2D eigenvalue weighted by molar-refractivity contribution is -0.127. The van der Waals surface area contributed by atoms with Crippen LogP contribution in [-0.2, 0) is 11.3 Å². The van der Waals surface area contributed by atoms with Crippen molar-refractivity contribution in [3.63, 3.8) is 0 Å². The zero-order valence-corrected chi connectivity index (χ0v) is 16.4. The zero-order valence-electron chi connectivity index (χ0n) is 16.4. The Kier molecular flexibility index (Phi) is 6.87. The Balaban J connectivity index is 1.62. The first-order valence-electron chi connectivity index (χ1n) is 10.0. The van der Waals surface area contributed by atoms with Crippen molar-refractivity contribution in [3.05, 3.63) is 48.2 Å². The molecule has 3 N–H and O–H groups in total. The molecule has 1 aromatic heterocycles. The molecule has 1 amide bonds. The third-order valence-corrected chi connectivity index (χ3v) is 5.00. The van der Waals surface area contributed by atoms with Crippen LogP contribution >= 0.6 is 0 Å². The van der Waals surface area contributed by atoms with Crippen LogP contribution in [0.4, 0.5) is 0 Å². The van der Waals surface area contributed by atoms with Gasteiger partial charge in [0.25, 0.3) is 0 Å². The summed E-state index contributed by atoms with van der Waals surface area (Å²) < 4.78 is 11.5. The maximum Gasteiger partial charge on any atom is 0.240 e. The number of aromatic nitrogens is 1. The largest absolute Gasteiger partial charge is 0.494 e. The van der Waals surface area contributed by atoms with Crippen molar-refractivity contribution in [2.24, 2.45) is 5.73 Å². The second-order valence-electron chi connectivity index (χ2n) is 7.29. The highest BCUT2D eigenvalue weighted by molar-refractivity contribution is 5.86. The van der Waals surface area contributed by atoms with Gasteiger partial charge in [0.2, 0.25) is 11.8 Å². The van der Waals surface area contributed by atoms with Crippen LogP contribution in [0.5, 0.6) is 17.4 Å². The monoisotopic (exact) mass is 383 g/mol. The van der Waals surface area contributed by atoms with E-state index in [1.54, 1.807) is 6.20 Å². The number of hydrogen-bond acceptors (Lipinski definition) is 5. The van der Waals surface area contributed by atoms with Crippen LogP contribution in [0.15, 0.2) is 42.6 Å². The van der Waals surface area contributed by atoms with Gasteiger partial charge in [0.05, 0.1) is 12.1 Å². The minimum atomic E-state index is -0.754. The highest BCUT2D eigenvalue weighted by Gasteiger charge is 2.35. The predicted molar refractivity (Wildman–Crippen MR) is 108 cm³/mol. The fourth-order valence-electron chi connectivity index (χ4n) is 3.35. The first kappa shape index (κ1) is 20.1. The molecule has 6 heteroatoms. The van der Waals surface area contributed by atoms with Crippen molar-refractivity contribution in [2.45, 2.75) is 57.5 Å². The van der Waals surface area contributed by atoms with Gasteiger partial charge in [-0.3, -0.25) is 4.79 Å². The van der Waals surface area contributed by atoms with Crippen LogP contribution in [0.2, 0.25) is 0 Å². The SMILES string of the molecule is CCCOc1ccc(Oc2ncccc2CNC(=O)C2(N)CCCCC2)cc1. The summed E-state index contributed by atoms with van der Waals surface area (Å²) in [6.45, 7) is 3.09. The molecule has 0 atom stereocenters. The van der Waals surface area contributed by atoms with Gasteiger partial charge in [-0.15, -0.1) is 0 Å². The third kappa shape index (κ3) is 5.23. The number of ether oxygens (including phenoxy) is 2. The minimum absolute atomic E-state index is 0.0978. The molecular formula is C22H29N3O3. The molecule has 1 heterocycles. The van der Waals surface area contributed by atoms with Crippen molar-refractivity contribution in [2.75, 3.05) is 6.61 Å². The number of nitrogens with zero attached hydrogens (tertiary/aromatic N) is 1. The van der Waals surface area contributed by atoms with Gasteiger partial charge in [0.15, 0.2) is 0 Å². The summed E-state index contributed by atoms with van der Waals surface area (Å²) in [6.07, 6.45) is 7.26. The summed E-state index contributed by atoms with van der Waals surface area (Å²) in [4.78, 5) is 16.9. The average molecular weight is 383 g/mol. The van der Waals surface area contributed by atoms with E-state index in [4.69, 9.17) is 15.2 Å². The topological polar surface area (TPSA) is 86.5 Å². The zero-order chi connectivity index (χ0) is 19.8. The first-order valence-corrected chi connectivity index (χ1v) is 10.0. The molecule has 0 aliphatic heterocycles. The van der Waals surface area contributed by atoms with Gasteiger partial charge in [-0.1, -0.05) is 32.3 Å². The minimum Gasteiger partial charge on any atom is -0.494 e. The smallest absolute Gasteiger partial charge is 0.240 e. The van der Waals surface area contributed by atoms with Crippen molar-refractivity contribution >= 4 is 5.91 Å². The fraction of sp³-hybridized carbons (Fsp3) is 0.455. The lowest BCUT2D eigenvalue weighted by Gasteiger charge is -2.31. The standard InChI is InChI=1S/C22H29N3O3/c1-2-15-27-18-8-10-19(11-9-18)28-20-17(7-6-14-24-20)16-25-21(26)22(23)12-4-3-5-13-22/h6-11,14H,2-5,12-13,15-16,23H2,1H3,(H,25,26). The summed E-state index contributed by atoms with van der Waals surface area (Å²) in [5, 5.41) is 2.96. The molecule has 1 aliphatic carbocycles. The molecule has 0 unspecified atom stereocenters. The summed E-state index contributed by atoms with van der Waals surface area (Å²) in [6, 6.07) is 11.2. The van der Waals surface area contributed by atoms with E-state index in [2.05, 4.69) is 17.2 Å². The van der Waals surface area contributed by atoms with E-state index in [9.17, 15) is 4.79 Å². The number of nitrogens with one attached hydrogen (secondary N) is 1. The Morgan fingerprint density at radius 2 is 1.86 bits per heavy atom. The van der Waals surface area contributed by atoms with Crippen LogP contribution in [0, 0.1) is 0 Å². The third-order valence-electron chi connectivity index (χ3n) is 5.00. The maximum atomic E-state index is 12.6. The molecular weight excluding hydrogens is 354 g/mol. The van der Waals surface area contributed by atoms with Gasteiger partial charge in [-0.05, 0) is 49.6 Å². The molecule has 1 fully saturated rings. The number of hydrogen-bond donors (Lipinski definition) is 2.